The number of halogens is 3. The minimum atomic E-state index is -5.79. The number of aliphatic carboxylic acids is 1. The zero-order valence-corrected chi connectivity index (χ0v) is 19.9. The molecule has 0 unspecified atom stereocenters. The maximum Gasteiger partial charge on any atom is 0.534 e. The van der Waals surface area contributed by atoms with Crippen LogP contribution in [-0.4, -0.2) is 51.2 Å². The number of carbonyl (C=O) groups is 3. The van der Waals surface area contributed by atoms with Crippen molar-refractivity contribution in [3.05, 3.63) is 22.5 Å². The van der Waals surface area contributed by atoms with Crippen molar-refractivity contribution in [3.8, 4) is 0 Å². The van der Waals surface area contributed by atoms with Crippen molar-refractivity contribution < 1.29 is 54.7 Å². The lowest BCUT2D eigenvalue weighted by Gasteiger charge is -2.22. The monoisotopic (exact) mass is 500 g/mol. The van der Waals surface area contributed by atoms with Gasteiger partial charge in [-0.05, 0) is 31.1 Å². The molecule has 33 heavy (non-hydrogen) atoms. The molecule has 2 aliphatic rings. The van der Waals surface area contributed by atoms with E-state index in [1.165, 1.54) is 21.0 Å². The summed E-state index contributed by atoms with van der Waals surface area (Å²) >= 11 is 0. The number of ether oxygens (including phenoxy) is 2. The molecular weight excluding hydrogens is 473 g/mol. The van der Waals surface area contributed by atoms with Gasteiger partial charge in [-0.15, -0.1) is 0 Å². The normalized spacial score (nSPS) is 19.5. The largest absolute Gasteiger partial charge is 0.534 e. The molecule has 2 rings (SSSR count). The molecule has 2 aliphatic carbocycles. The molecule has 0 atom stereocenters. The molecular formula is C20H27F3O9S. The second-order valence-electron chi connectivity index (χ2n) is 8.70. The molecule has 0 saturated carbocycles. The van der Waals surface area contributed by atoms with Crippen molar-refractivity contribution in [2.24, 2.45) is 10.8 Å². The van der Waals surface area contributed by atoms with Gasteiger partial charge in [0, 0.05) is 11.0 Å². The molecule has 0 aromatic rings. The van der Waals surface area contributed by atoms with E-state index in [0.29, 0.717) is 24.8 Å². The maximum atomic E-state index is 12.3. The van der Waals surface area contributed by atoms with Crippen LogP contribution in [0.3, 0.4) is 0 Å². The van der Waals surface area contributed by atoms with E-state index in [0.717, 1.165) is 7.11 Å². The van der Waals surface area contributed by atoms with E-state index in [-0.39, 0.29) is 17.6 Å². The zero-order chi connectivity index (χ0) is 26.0. The zero-order valence-electron chi connectivity index (χ0n) is 19.1. The average molecular weight is 500 g/mol. The van der Waals surface area contributed by atoms with E-state index in [1.54, 1.807) is 0 Å². The number of carboxylic acids is 1. The predicted molar refractivity (Wildman–Crippen MR) is 108 cm³/mol. The topological polar surface area (TPSA) is 133 Å². The summed E-state index contributed by atoms with van der Waals surface area (Å²) in [5.41, 5.74) is -6.63. The Kier molecular flexibility index (Phi) is 8.40. The first-order chi connectivity index (χ1) is 14.8. The first kappa shape index (κ1) is 28.5. The van der Waals surface area contributed by atoms with Gasteiger partial charge in [-0.25, -0.2) is 14.4 Å². The third kappa shape index (κ3) is 6.27. The van der Waals surface area contributed by atoms with Gasteiger partial charge in [-0.3, -0.25) is 0 Å². The van der Waals surface area contributed by atoms with Crippen LogP contribution in [0, 0.1) is 10.8 Å². The van der Waals surface area contributed by atoms with E-state index >= 15 is 0 Å². The van der Waals surface area contributed by atoms with Gasteiger partial charge in [0.05, 0.1) is 25.4 Å². The minimum Gasteiger partial charge on any atom is -0.478 e. The first-order valence-electron chi connectivity index (χ1n) is 9.70. The molecule has 0 radical (unpaired) electrons. The predicted octanol–water partition coefficient (Wildman–Crippen LogP) is 3.46. The molecule has 0 amide bonds. The van der Waals surface area contributed by atoms with Gasteiger partial charge < -0.3 is 18.8 Å². The van der Waals surface area contributed by atoms with E-state index < -0.39 is 50.1 Å². The molecule has 0 bridgehead atoms. The number of alkyl halides is 3. The molecule has 0 heterocycles. The summed E-state index contributed by atoms with van der Waals surface area (Å²) in [7, 11) is -3.48. The molecule has 0 spiro atoms. The summed E-state index contributed by atoms with van der Waals surface area (Å²) in [5.74, 6) is -2.93. The highest BCUT2D eigenvalue weighted by atomic mass is 32.2. The van der Waals surface area contributed by atoms with Crippen LogP contribution >= 0.6 is 0 Å². The van der Waals surface area contributed by atoms with Gasteiger partial charge in [0.25, 0.3) is 0 Å². The Bertz CT molecular complexity index is 987. The summed E-state index contributed by atoms with van der Waals surface area (Å²) in [6.45, 7) is 6.63. The Labute approximate surface area is 189 Å². The van der Waals surface area contributed by atoms with Crippen LogP contribution < -0.4 is 0 Å². The highest BCUT2D eigenvalue weighted by Crippen LogP contribution is 2.45. The maximum absolute atomic E-state index is 12.3. The van der Waals surface area contributed by atoms with Crippen LogP contribution in [0.1, 0.15) is 53.4 Å². The lowest BCUT2D eigenvalue weighted by atomic mass is 9.85. The number of rotatable bonds is 5. The van der Waals surface area contributed by atoms with Gasteiger partial charge in [0.2, 0.25) is 0 Å². The standard InChI is InChI=1S/C10H13F3O5S.C10H14O4/c1-9(2)5-4-6(8(14)17-3)7(9)18-19(15,16)10(11,12)13;1-10(2)5-4-6(9(13)14-3)7(10)8(11)12/h4-5H2,1-3H3;4-5H2,1-3H3,(H,11,12). The second-order valence-corrected chi connectivity index (χ2v) is 10.2. The van der Waals surface area contributed by atoms with Crippen molar-refractivity contribution in [2.75, 3.05) is 14.2 Å². The fraction of sp³-hybridized carbons (Fsp3) is 0.650. The van der Waals surface area contributed by atoms with Crippen molar-refractivity contribution in [1.29, 1.82) is 0 Å². The Hall–Kier alpha value is -2.57. The Morgan fingerprint density at radius 3 is 1.73 bits per heavy atom. The Balaban J connectivity index is 0.000000346. The highest BCUT2D eigenvalue weighted by molar-refractivity contribution is 7.87. The van der Waals surface area contributed by atoms with Crippen LogP contribution in [-0.2, 0) is 38.2 Å². The quantitative estimate of drug-likeness (QED) is 0.342. The van der Waals surface area contributed by atoms with E-state index in [9.17, 15) is 36.0 Å². The number of hydrogen-bond donors (Lipinski definition) is 1. The number of carbonyl (C=O) groups excluding carboxylic acids is 2. The van der Waals surface area contributed by atoms with Gasteiger partial charge in [0.15, 0.2) is 0 Å². The Morgan fingerprint density at radius 1 is 0.879 bits per heavy atom. The summed E-state index contributed by atoms with van der Waals surface area (Å²) in [6, 6.07) is 0. The second kappa shape index (κ2) is 9.74. The number of carboxylic acid groups (broad SMARTS) is 1. The van der Waals surface area contributed by atoms with Crippen LogP contribution in [0.4, 0.5) is 13.2 Å². The summed E-state index contributed by atoms with van der Waals surface area (Å²) in [5, 5.41) is 9.00. The van der Waals surface area contributed by atoms with Crippen LogP contribution in [0.15, 0.2) is 22.5 Å². The van der Waals surface area contributed by atoms with E-state index in [1.807, 2.05) is 13.8 Å². The van der Waals surface area contributed by atoms with Crippen LogP contribution in [0.2, 0.25) is 0 Å². The Morgan fingerprint density at radius 2 is 1.30 bits per heavy atom. The highest BCUT2D eigenvalue weighted by Gasteiger charge is 2.51. The average Bonchev–Trinajstić information content (AvgIpc) is 3.15. The number of esters is 2. The van der Waals surface area contributed by atoms with Crippen molar-refractivity contribution in [3.63, 3.8) is 0 Å². The smallest absolute Gasteiger partial charge is 0.478 e. The third-order valence-electron chi connectivity index (χ3n) is 5.42. The van der Waals surface area contributed by atoms with Crippen LogP contribution in [0.25, 0.3) is 0 Å². The number of allylic oxidation sites excluding steroid dienone is 1. The molecule has 1 N–H and O–H groups in total. The molecule has 188 valence electrons. The molecule has 13 heteroatoms. The molecule has 0 fully saturated rings. The summed E-state index contributed by atoms with van der Waals surface area (Å²) < 4.78 is 72.0. The molecule has 0 aromatic carbocycles. The lowest BCUT2D eigenvalue weighted by molar-refractivity contribution is -0.138. The molecule has 9 nitrogen and oxygen atoms in total. The molecule has 0 aliphatic heterocycles. The number of methoxy groups -OCH3 is 2. The SMILES string of the molecule is COC(=O)C1=C(C(=O)O)C(C)(C)CC1.COC(=O)C1=C(OS(=O)(=O)C(F)(F)F)C(C)(C)CC1. The molecule has 0 saturated heterocycles. The van der Waals surface area contributed by atoms with Crippen molar-refractivity contribution in [1.82, 2.24) is 0 Å². The van der Waals surface area contributed by atoms with Gasteiger partial charge in [-0.1, -0.05) is 27.7 Å². The fourth-order valence-electron chi connectivity index (χ4n) is 3.55. The summed E-state index contributed by atoms with van der Waals surface area (Å²) in [6.07, 6.45) is 1.56. The minimum absolute atomic E-state index is 0.0996. The lowest BCUT2D eigenvalue weighted by Crippen LogP contribution is -2.28. The van der Waals surface area contributed by atoms with Gasteiger partial charge in [-0.2, -0.15) is 21.6 Å². The third-order valence-corrected chi connectivity index (χ3v) is 6.37. The first-order valence-corrected chi connectivity index (χ1v) is 11.1. The van der Waals surface area contributed by atoms with E-state index in [2.05, 4.69) is 13.7 Å². The summed E-state index contributed by atoms with van der Waals surface area (Å²) in [4.78, 5) is 33.7. The van der Waals surface area contributed by atoms with Crippen molar-refractivity contribution >= 4 is 28.0 Å². The van der Waals surface area contributed by atoms with Crippen LogP contribution in [0.5, 0.6) is 0 Å². The van der Waals surface area contributed by atoms with E-state index in [4.69, 9.17) is 5.11 Å². The number of hydrogen-bond acceptors (Lipinski definition) is 8. The van der Waals surface area contributed by atoms with Gasteiger partial charge >= 0.3 is 33.5 Å². The fourth-order valence-corrected chi connectivity index (χ4v) is 4.19. The van der Waals surface area contributed by atoms with Gasteiger partial charge in [0.1, 0.15) is 5.76 Å². The molecule has 0 aromatic heterocycles. The van der Waals surface area contributed by atoms with Crippen molar-refractivity contribution in [2.45, 2.75) is 58.9 Å².